The van der Waals surface area contributed by atoms with Crippen molar-refractivity contribution in [3.8, 4) is 0 Å². The predicted octanol–water partition coefficient (Wildman–Crippen LogP) is 3.92. The third-order valence-electron chi connectivity index (χ3n) is 7.86. The Hall–Kier alpha value is -4.60. The standard InChI is InChI=1S/C29H26FN5O4/c1-16-18-8-9-23(21(18)7-6-19(16)29(38)39)33-27(36)25-14-24(32-26-10-12-31-35(25)26)28(37)34-13-11-17(15-34)20-4-2-3-5-22(20)30/h2-7,10,12,14,17,23H,8-9,11,13,15H2,1H3,(H,33,36)(H,38,39)/t17?,23-/m0/s1. The molecule has 0 saturated carbocycles. The smallest absolute Gasteiger partial charge is 0.335 e. The van der Waals surface area contributed by atoms with Gasteiger partial charge >= 0.3 is 5.97 Å². The number of nitrogens with one attached hydrogen (secondary N) is 1. The summed E-state index contributed by atoms with van der Waals surface area (Å²) in [6.45, 7) is 2.61. The fraction of sp³-hybridized carbons (Fsp3) is 0.276. The van der Waals surface area contributed by atoms with Crippen LogP contribution in [0.15, 0.2) is 54.7 Å². The van der Waals surface area contributed by atoms with Gasteiger partial charge in [0.25, 0.3) is 11.8 Å². The molecule has 0 spiro atoms. The first kappa shape index (κ1) is 24.7. The van der Waals surface area contributed by atoms with E-state index in [0.29, 0.717) is 49.1 Å². The van der Waals surface area contributed by atoms with Gasteiger partial charge in [0.15, 0.2) is 5.65 Å². The van der Waals surface area contributed by atoms with Crippen LogP contribution in [0.1, 0.15) is 78.4 Å². The Balaban J connectivity index is 1.25. The summed E-state index contributed by atoms with van der Waals surface area (Å²) in [6.07, 6.45) is 3.44. The zero-order valence-corrected chi connectivity index (χ0v) is 21.2. The average Bonchev–Trinajstić information content (AvgIpc) is 3.68. The van der Waals surface area contributed by atoms with E-state index in [1.54, 1.807) is 48.2 Å². The van der Waals surface area contributed by atoms with Gasteiger partial charge in [-0.1, -0.05) is 24.3 Å². The molecule has 1 aliphatic heterocycles. The second-order valence-electron chi connectivity index (χ2n) is 10.1. The van der Waals surface area contributed by atoms with Crippen LogP contribution in [0, 0.1) is 12.7 Å². The Kier molecular flexibility index (Phi) is 6.09. The maximum atomic E-state index is 14.3. The van der Waals surface area contributed by atoms with Gasteiger partial charge in [-0.05, 0) is 60.6 Å². The van der Waals surface area contributed by atoms with Crippen LogP contribution in [0.5, 0.6) is 0 Å². The summed E-state index contributed by atoms with van der Waals surface area (Å²) in [5.74, 6) is -2.10. The molecule has 1 saturated heterocycles. The van der Waals surface area contributed by atoms with E-state index in [4.69, 9.17) is 0 Å². The van der Waals surface area contributed by atoms with Crippen molar-refractivity contribution in [2.24, 2.45) is 0 Å². The minimum Gasteiger partial charge on any atom is -0.478 e. The molecule has 2 aliphatic rings. The Bertz CT molecular complexity index is 1650. The molecule has 1 fully saturated rings. The van der Waals surface area contributed by atoms with E-state index in [1.165, 1.54) is 22.8 Å². The molecule has 1 unspecified atom stereocenters. The molecule has 0 radical (unpaired) electrons. The molecule has 6 rings (SSSR count). The minimum absolute atomic E-state index is 0.107. The molecular formula is C29H26FN5O4. The van der Waals surface area contributed by atoms with Gasteiger partial charge in [0.1, 0.15) is 17.2 Å². The lowest BCUT2D eigenvalue weighted by Crippen LogP contribution is -2.32. The average molecular weight is 528 g/mol. The number of amides is 2. The van der Waals surface area contributed by atoms with Crippen LogP contribution in [-0.2, 0) is 6.42 Å². The summed E-state index contributed by atoms with van der Waals surface area (Å²) in [5.41, 5.74) is 4.05. The van der Waals surface area contributed by atoms with Gasteiger partial charge in [0.05, 0.1) is 17.8 Å². The van der Waals surface area contributed by atoms with Gasteiger partial charge < -0.3 is 15.3 Å². The number of carboxylic acid groups (broad SMARTS) is 1. The Morgan fingerprint density at radius 2 is 1.90 bits per heavy atom. The molecule has 2 aromatic carbocycles. The van der Waals surface area contributed by atoms with Crippen molar-refractivity contribution in [2.75, 3.05) is 13.1 Å². The van der Waals surface area contributed by atoms with Crippen LogP contribution in [0.25, 0.3) is 5.65 Å². The molecule has 3 heterocycles. The third-order valence-corrected chi connectivity index (χ3v) is 7.86. The van der Waals surface area contributed by atoms with Crippen LogP contribution >= 0.6 is 0 Å². The van der Waals surface area contributed by atoms with E-state index in [-0.39, 0.29) is 40.6 Å². The van der Waals surface area contributed by atoms with Gasteiger partial charge in [0.2, 0.25) is 0 Å². The third kappa shape index (κ3) is 4.31. The number of hydrogen-bond acceptors (Lipinski definition) is 5. The van der Waals surface area contributed by atoms with Crippen molar-refractivity contribution in [3.05, 3.63) is 99.8 Å². The van der Waals surface area contributed by atoms with Gasteiger partial charge in [-0.2, -0.15) is 5.10 Å². The topological polar surface area (TPSA) is 117 Å². The first-order valence-electron chi connectivity index (χ1n) is 12.9. The maximum absolute atomic E-state index is 14.3. The van der Waals surface area contributed by atoms with E-state index >= 15 is 0 Å². The number of likely N-dealkylation sites (tertiary alicyclic amines) is 1. The number of hydrogen-bond donors (Lipinski definition) is 2. The second-order valence-corrected chi connectivity index (χ2v) is 10.1. The largest absolute Gasteiger partial charge is 0.478 e. The zero-order valence-electron chi connectivity index (χ0n) is 21.2. The van der Waals surface area contributed by atoms with Crippen LogP contribution in [0.3, 0.4) is 0 Å². The number of halogens is 1. The summed E-state index contributed by atoms with van der Waals surface area (Å²) >= 11 is 0. The molecule has 1 aliphatic carbocycles. The number of carbonyl (C=O) groups is 3. The van der Waals surface area contributed by atoms with Gasteiger partial charge in [0, 0.05) is 31.1 Å². The summed E-state index contributed by atoms with van der Waals surface area (Å²) in [7, 11) is 0. The molecule has 2 N–H and O–H groups in total. The first-order chi connectivity index (χ1) is 18.8. The van der Waals surface area contributed by atoms with Gasteiger partial charge in [-0.3, -0.25) is 9.59 Å². The summed E-state index contributed by atoms with van der Waals surface area (Å²) in [4.78, 5) is 44.5. The Morgan fingerprint density at radius 3 is 2.69 bits per heavy atom. The van der Waals surface area contributed by atoms with Gasteiger partial charge in [-0.15, -0.1) is 0 Å². The van der Waals surface area contributed by atoms with Crippen molar-refractivity contribution in [3.63, 3.8) is 0 Å². The molecule has 2 amide bonds. The fourth-order valence-electron chi connectivity index (χ4n) is 5.85. The highest BCUT2D eigenvalue weighted by molar-refractivity contribution is 5.98. The van der Waals surface area contributed by atoms with Crippen molar-refractivity contribution in [1.29, 1.82) is 0 Å². The summed E-state index contributed by atoms with van der Waals surface area (Å²) in [6, 6.07) is 12.7. The number of benzene rings is 2. The maximum Gasteiger partial charge on any atom is 0.335 e. The molecule has 39 heavy (non-hydrogen) atoms. The highest BCUT2D eigenvalue weighted by Gasteiger charge is 2.32. The quantitative estimate of drug-likeness (QED) is 0.406. The lowest BCUT2D eigenvalue weighted by Gasteiger charge is -2.18. The van der Waals surface area contributed by atoms with E-state index in [2.05, 4.69) is 15.4 Å². The Morgan fingerprint density at radius 1 is 1.08 bits per heavy atom. The first-order valence-corrected chi connectivity index (χ1v) is 12.9. The molecule has 10 heteroatoms. The second kappa shape index (κ2) is 9.61. The SMILES string of the molecule is Cc1c(C(=O)O)ccc2c1CC[C@@H]2NC(=O)c1cc(C(=O)N2CCC(c3ccccc3F)C2)nc2ccnn12. The summed E-state index contributed by atoms with van der Waals surface area (Å²) in [5, 5.41) is 16.7. The molecule has 9 nitrogen and oxygen atoms in total. The number of aromatic carboxylic acids is 1. The lowest BCUT2D eigenvalue weighted by atomic mass is 9.98. The number of carboxylic acids is 1. The monoisotopic (exact) mass is 527 g/mol. The van der Waals surface area contributed by atoms with Crippen LogP contribution in [0.2, 0.25) is 0 Å². The number of nitrogens with zero attached hydrogens (tertiary/aromatic N) is 4. The van der Waals surface area contributed by atoms with Crippen molar-refractivity contribution in [1.82, 2.24) is 24.8 Å². The molecule has 198 valence electrons. The van der Waals surface area contributed by atoms with Crippen LogP contribution < -0.4 is 5.32 Å². The van der Waals surface area contributed by atoms with Crippen molar-refractivity contribution in [2.45, 2.75) is 38.1 Å². The van der Waals surface area contributed by atoms with E-state index in [0.717, 1.165) is 11.1 Å². The predicted molar refractivity (Wildman–Crippen MR) is 139 cm³/mol. The normalized spacial score (nSPS) is 18.4. The van der Waals surface area contributed by atoms with Crippen molar-refractivity contribution < 1.29 is 23.9 Å². The highest BCUT2D eigenvalue weighted by atomic mass is 19.1. The summed E-state index contributed by atoms with van der Waals surface area (Å²) < 4.78 is 15.7. The number of fused-ring (bicyclic) bond motifs is 2. The number of rotatable bonds is 5. The van der Waals surface area contributed by atoms with Crippen LogP contribution in [-0.4, -0.2) is 55.5 Å². The lowest BCUT2D eigenvalue weighted by molar-refractivity contribution is 0.0694. The van der Waals surface area contributed by atoms with Crippen LogP contribution in [0.4, 0.5) is 4.39 Å². The van der Waals surface area contributed by atoms with Gasteiger partial charge in [-0.25, -0.2) is 18.7 Å². The molecule has 2 atom stereocenters. The fourth-order valence-corrected chi connectivity index (χ4v) is 5.85. The number of carbonyl (C=O) groups excluding carboxylic acids is 2. The Labute approximate surface area is 223 Å². The molecular weight excluding hydrogens is 501 g/mol. The molecule has 4 aromatic rings. The molecule has 0 bridgehead atoms. The minimum atomic E-state index is -0.976. The van der Waals surface area contributed by atoms with E-state index in [9.17, 15) is 23.9 Å². The zero-order chi connectivity index (χ0) is 27.3. The van der Waals surface area contributed by atoms with E-state index < -0.39 is 11.9 Å². The van der Waals surface area contributed by atoms with E-state index in [1.807, 2.05) is 0 Å². The van der Waals surface area contributed by atoms with Crippen molar-refractivity contribution >= 4 is 23.4 Å². The molecule has 2 aromatic heterocycles. The number of aromatic nitrogens is 3. The highest BCUT2D eigenvalue weighted by Crippen LogP contribution is 2.35.